The average Bonchev–Trinajstić information content (AvgIpc) is 2.82. The van der Waals surface area contributed by atoms with Gasteiger partial charge in [0.25, 0.3) is 5.92 Å². The lowest BCUT2D eigenvalue weighted by molar-refractivity contribution is -0.00284. The molecule has 1 aromatic carbocycles. The SMILES string of the molecule is FC(F)(CNCCc1ccc(Br)s1)c1ccccc1. The number of alkyl halides is 2. The van der Waals surface area contributed by atoms with Gasteiger partial charge in [-0.15, -0.1) is 11.3 Å². The van der Waals surface area contributed by atoms with Gasteiger partial charge in [0.1, 0.15) is 0 Å². The van der Waals surface area contributed by atoms with Crippen molar-refractivity contribution in [2.45, 2.75) is 12.3 Å². The lowest BCUT2D eigenvalue weighted by Crippen LogP contribution is -2.31. The first-order valence-corrected chi connectivity index (χ1v) is 7.57. The van der Waals surface area contributed by atoms with Gasteiger partial charge in [-0.2, -0.15) is 8.78 Å². The van der Waals surface area contributed by atoms with Crippen LogP contribution in [0.3, 0.4) is 0 Å². The topological polar surface area (TPSA) is 12.0 Å². The van der Waals surface area contributed by atoms with Crippen molar-refractivity contribution in [3.05, 3.63) is 56.7 Å². The molecule has 1 heterocycles. The summed E-state index contributed by atoms with van der Waals surface area (Å²) in [5, 5.41) is 2.82. The molecule has 102 valence electrons. The number of hydrogen-bond acceptors (Lipinski definition) is 2. The summed E-state index contributed by atoms with van der Waals surface area (Å²) in [5.41, 5.74) is 0.0568. The van der Waals surface area contributed by atoms with Crippen LogP contribution in [0.15, 0.2) is 46.3 Å². The number of benzene rings is 1. The molecule has 1 nitrogen and oxygen atoms in total. The molecular formula is C14H14BrF2NS. The third-order valence-corrected chi connectivity index (χ3v) is 4.40. The molecule has 0 amide bonds. The minimum Gasteiger partial charge on any atom is -0.311 e. The van der Waals surface area contributed by atoms with Gasteiger partial charge in [-0.05, 0) is 34.5 Å². The zero-order chi connectivity index (χ0) is 13.7. The Labute approximate surface area is 123 Å². The zero-order valence-corrected chi connectivity index (χ0v) is 12.6. The Hall–Kier alpha value is -0.780. The van der Waals surface area contributed by atoms with Crippen molar-refractivity contribution in [3.63, 3.8) is 0 Å². The van der Waals surface area contributed by atoms with Crippen LogP contribution in [0.1, 0.15) is 10.4 Å². The Kier molecular flexibility index (Phi) is 5.07. The highest BCUT2D eigenvalue weighted by Crippen LogP contribution is 2.26. The summed E-state index contributed by atoms with van der Waals surface area (Å²) >= 11 is 5.01. The van der Waals surface area contributed by atoms with Gasteiger partial charge in [0.05, 0.1) is 10.3 Å². The van der Waals surface area contributed by atoms with Crippen LogP contribution in [0.25, 0.3) is 0 Å². The van der Waals surface area contributed by atoms with Crippen molar-refractivity contribution < 1.29 is 8.78 Å². The molecule has 1 N–H and O–H groups in total. The molecule has 0 radical (unpaired) electrons. The molecule has 0 saturated carbocycles. The van der Waals surface area contributed by atoms with Crippen LogP contribution < -0.4 is 5.32 Å². The average molecular weight is 346 g/mol. The van der Waals surface area contributed by atoms with E-state index in [4.69, 9.17) is 0 Å². The molecule has 2 rings (SSSR count). The van der Waals surface area contributed by atoms with Gasteiger partial charge >= 0.3 is 0 Å². The van der Waals surface area contributed by atoms with E-state index >= 15 is 0 Å². The first-order valence-electron chi connectivity index (χ1n) is 5.96. The molecule has 0 atom stereocenters. The van der Waals surface area contributed by atoms with E-state index < -0.39 is 5.92 Å². The molecule has 0 spiro atoms. The molecule has 0 saturated heterocycles. The Morgan fingerprint density at radius 2 is 1.84 bits per heavy atom. The number of halogens is 3. The summed E-state index contributed by atoms with van der Waals surface area (Å²) in [6.45, 7) is 0.221. The summed E-state index contributed by atoms with van der Waals surface area (Å²) in [6.07, 6.45) is 0.765. The Balaban J connectivity index is 1.79. The first kappa shape index (κ1) is 14.6. The molecule has 0 bridgehead atoms. The molecule has 5 heteroatoms. The third kappa shape index (κ3) is 4.37. The van der Waals surface area contributed by atoms with E-state index in [0.717, 1.165) is 10.2 Å². The fraction of sp³-hybridized carbons (Fsp3) is 0.286. The van der Waals surface area contributed by atoms with Crippen LogP contribution >= 0.6 is 27.3 Å². The van der Waals surface area contributed by atoms with E-state index in [0.29, 0.717) is 6.54 Å². The molecule has 0 aliphatic rings. The maximum absolute atomic E-state index is 13.8. The van der Waals surface area contributed by atoms with E-state index in [9.17, 15) is 8.78 Å². The normalized spacial score (nSPS) is 11.7. The van der Waals surface area contributed by atoms with Crippen LogP contribution in [0.5, 0.6) is 0 Å². The smallest absolute Gasteiger partial charge is 0.285 e. The lowest BCUT2D eigenvalue weighted by atomic mass is 10.1. The standard InChI is InChI=1S/C14H14BrF2NS/c15-13-7-6-12(19-13)8-9-18-10-14(16,17)11-4-2-1-3-5-11/h1-7,18H,8-10H2. The van der Waals surface area contributed by atoms with Gasteiger partial charge in [0.15, 0.2) is 0 Å². The fourth-order valence-corrected chi connectivity index (χ4v) is 3.21. The number of thiophene rings is 1. The van der Waals surface area contributed by atoms with Gasteiger partial charge in [-0.25, -0.2) is 0 Å². The molecular weight excluding hydrogens is 332 g/mol. The van der Waals surface area contributed by atoms with Crippen molar-refractivity contribution in [3.8, 4) is 0 Å². The Bertz CT molecular complexity index is 513. The third-order valence-electron chi connectivity index (χ3n) is 2.72. The van der Waals surface area contributed by atoms with Gasteiger partial charge in [-0.3, -0.25) is 0 Å². The summed E-state index contributed by atoms with van der Waals surface area (Å²) < 4.78 is 28.7. The molecule has 0 aliphatic heterocycles. The summed E-state index contributed by atoms with van der Waals surface area (Å²) in [7, 11) is 0. The summed E-state index contributed by atoms with van der Waals surface area (Å²) in [6, 6.07) is 11.9. The predicted octanol–water partition coefficient (Wildman–Crippen LogP) is 4.43. The highest BCUT2D eigenvalue weighted by atomic mass is 79.9. The minimum atomic E-state index is -2.82. The number of rotatable bonds is 6. The van der Waals surface area contributed by atoms with Crippen molar-refractivity contribution in [2.75, 3.05) is 13.1 Å². The van der Waals surface area contributed by atoms with E-state index in [1.807, 2.05) is 12.1 Å². The first-order chi connectivity index (χ1) is 9.08. The number of nitrogens with one attached hydrogen (secondary N) is 1. The number of hydrogen-bond donors (Lipinski definition) is 1. The van der Waals surface area contributed by atoms with E-state index in [1.54, 1.807) is 29.5 Å². The van der Waals surface area contributed by atoms with Gasteiger partial charge in [0, 0.05) is 17.0 Å². The van der Waals surface area contributed by atoms with Crippen molar-refractivity contribution in [1.82, 2.24) is 5.32 Å². The second-order valence-corrected chi connectivity index (χ2v) is 6.75. The second kappa shape index (κ2) is 6.59. The van der Waals surface area contributed by atoms with Crippen molar-refractivity contribution >= 4 is 27.3 Å². The molecule has 2 aromatic rings. The predicted molar refractivity (Wildman–Crippen MR) is 78.9 cm³/mol. The highest BCUT2D eigenvalue weighted by molar-refractivity contribution is 9.11. The van der Waals surface area contributed by atoms with Crippen LogP contribution in [0, 0.1) is 0 Å². The van der Waals surface area contributed by atoms with Crippen LogP contribution in [0.4, 0.5) is 8.78 Å². The largest absolute Gasteiger partial charge is 0.311 e. The lowest BCUT2D eigenvalue weighted by Gasteiger charge is -2.17. The zero-order valence-electron chi connectivity index (χ0n) is 10.2. The fourth-order valence-electron chi connectivity index (χ4n) is 1.73. The van der Waals surface area contributed by atoms with Crippen molar-refractivity contribution in [1.29, 1.82) is 0 Å². The second-order valence-electron chi connectivity index (χ2n) is 4.20. The van der Waals surface area contributed by atoms with E-state index in [-0.39, 0.29) is 12.1 Å². The monoisotopic (exact) mass is 345 g/mol. The highest BCUT2D eigenvalue weighted by Gasteiger charge is 2.30. The minimum absolute atomic E-state index is 0.0568. The maximum Gasteiger partial charge on any atom is 0.285 e. The van der Waals surface area contributed by atoms with E-state index in [2.05, 4.69) is 21.2 Å². The van der Waals surface area contributed by atoms with Crippen LogP contribution in [0.2, 0.25) is 0 Å². The van der Waals surface area contributed by atoms with Gasteiger partial charge < -0.3 is 5.32 Å². The van der Waals surface area contributed by atoms with Gasteiger partial charge in [-0.1, -0.05) is 30.3 Å². The Morgan fingerprint density at radius 3 is 2.47 bits per heavy atom. The van der Waals surface area contributed by atoms with Gasteiger partial charge in [0.2, 0.25) is 0 Å². The Morgan fingerprint density at radius 1 is 1.11 bits per heavy atom. The quantitative estimate of drug-likeness (QED) is 0.763. The molecule has 0 aliphatic carbocycles. The van der Waals surface area contributed by atoms with Crippen LogP contribution in [-0.4, -0.2) is 13.1 Å². The molecule has 1 aromatic heterocycles. The molecule has 19 heavy (non-hydrogen) atoms. The molecule has 0 fully saturated rings. The maximum atomic E-state index is 13.8. The summed E-state index contributed by atoms with van der Waals surface area (Å²) in [4.78, 5) is 1.18. The summed E-state index contributed by atoms with van der Waals surface area (Å²) in [5.74, 6) is -2.82. The van der Waals surface area contributed by atoms with Crippen molar-refractivity contribution in [2.24, 2.45) is 0 Å². The molecule has 0 unspecified atom stereocenters. The van der Waals surface area contributed by atoms with Crippen LogP contribution in [-0.2, 0) is 12.3 Å². The van der Waals surface area contributed by atoms with E-state index in [1.165, 1.54) is 17.0 Å².